The Kier molecular flexibility index (Phi) is 4.30. The van der Waals surface area contributed by atoms with E-state index < -0.39 is 6.61 Å². The number of alkyl halides is 2. The second kappa shape index (κ2) is 5.95. The smallest absolute Gasteiger partial charge is 0.387 e. The van der Waals surface area contributed by atoms with E-state index in [-0.39, 0.29) is 5.75 Å². The molecule has 1 aromatic rings. The predicted molar refractivity (Wildman–Crippen MR) is 64.7 cm³/mol. The average molecular weight is 257 g/mol. The summed E-state index contributed by atoms with van der Waals surface area (Å²) in [6, 6.07) is 3.79. The van der Waals surface area contributed by atoms with Crippen molar-refractivity contribution < 1.29 is 13.5 Å². The first-order valence-electron chi connectivity index (χ1n) is 6.06. The van der Waals surface area contributed by atoms with Crippen LogP contribution in [0.15, 0.2) is 18.3 Å². The molecule has 3 N–H and O–H groups in total. The lowest BCUT2D eigenvalue weighted by atomic mass is 9.92. The lowest BCUT2D eigenvalue weighted by Gasteiger charge is -2.27. The van der Waals surface area contributed by atoms with Gasteiger partial charge in [0.25, 0.3) is 0 Å². The molecule has 1 aliphatic rings. The summed E-state index contributed by atoms with van der Waals surface area (Å²) >= 11 is 0. The Bertz CT molecular complexity index is 364. The number of ether oxygens (including phenoxy) is 1. The highest BCUT2D eigenvalue weighted by Crippen LogP contribution is 2.21. The standard InChI is InChI=1S/C12H17F2N3O/c13-12(14)18-10-5-6-11(16-7-10)17-9-3-1-8(15)2-4-9/h5-9,12H,1-4,15H2,(H,16,17). The zero-order valence-corrected chi connectivity index (χ0v) is 9.98. The number of hydrogen-bond donors (Lipinski definition) is 2. The summed E-state index contributed by atoms with van der Waals surface area (Å²) in [4.78, 5) is 4.04. The van der Waals surface area contributed by atoms with Crippen molar-refractivity contribution in [2.45, 2.75) is 44.4 Å². The average Bonchev–Trinajstić information content (AvgIpc) is 2.34. The van der Waals surface area contributed by atoms with Gasteiger partial charge in [-0.05, 0) is 37.8 Å². The van der Waals surface area contributed by atoms with Crippen molar-refractivity contribution in [2.24, 2.45) is 5.73 Å². The third kappa shape index (κ3) is 3.80. The Hall–Kier alpha value is -1.43. The van der Waals surface area contributed by atoms with Crippen LogP contribution >= 0.6 is 0 Å². The monoisotopic (exact) mass is 257 g/mol. The van der Waals surface area contributed by atoms with Crippen molar-refractivity contribution >= 4 is 5.82 Å². The molecule has 0 aliphatic heterocycles. The number of nitrogens with one attached hydrogen (secondary N) is 1. The summed E-state index contributed by atoms with van der Waals surface area (Å²) in [6.07, 6.45) is 5.33. The Morgan fingerprint density at radius 2 is 2.00 bits per heavy atom. The second-order valence-electron chi connectivity index (χ2n) is 4.51. The van der Waals surface area contributed by atoms with E-state index in [9.17, 15) is 8.78 Å². The number of anilines is 1. The molecule has 1 aliphatic carbocycles. The van der Waals surface area contributed by atoms with Gasteiger partial charge < -0.3 is 15.8 Å². The second-order valence-corrected chi connectivity index (χ2v) is 4.51. The van der Waals surface area contributed by atoms with Crippen molar-refractivity contribution in [3.63, 3.8) is 0 Å². The molecule has 0 atom stereocenters. The number of pyridine rings is 1. The zero-order valence-electron chi connectivity index (χ0n) is 9.98. The van der Waals surface area contributed by atoms with Crippen molar-refractivity contribution in [2.75, 3.05) is 5.32 Å². The summed E-state index contributed by atoms with van der Waals surface area (Å²) in [5.74, 6) is 0.748. The molecule has 1 saturated carbocycles. The van der Waals surface area contributed by atoms with Crippen molar-refractivity contribution in [3.05, 3.63) is 18.3 Å². The number of hydrogen-bond acceptors (Lipinski definition) is 4. The van der Waals surface area contributed by atoms with Crippen LogP contribution in [0.25, 0.3) is 0 Å². The molecule has 6 heteroatoms. The highest BCUT2D eigenvalue weighted by Gasteiger charge is 2.18. The molecule has 18 heavy (non-hydrogen) atoms. The lowest BCUT2D eigenvalue weighted by Crippen LogP contribution is -2.32. The molecular weight excluding hydrogens is 240 g/mol. The highest BCUT2D eigenvalue weighted by atomic mass is 19.3. The molecule has 0 unspecified atom stereocenters. The molecule has 0 amide bonds. The first-order valence-corrected chi connectivity index (χ1v) is 6.06. The molecule has 0 radical (unpaired) electrons. The Morgan fingerprint density at radius 1 is 1.28 bits per heavy atom. The molecule has 0 spiro atoms. The van der Waals surface area contributed by atoms with Gasteiger partial charge in [-0.1, -0.05) is 0 Å². The normalized spacial score (nSPS) is 24.0. The summed E-state index contributed by atoms with van der Waals surface area (Å²) < 4.78 is 28.1. The summed E-state index contributed by atoms with van der Waals surface area (Å²) in [7, 11) is 0. The van der Waals surface area contributed by atoms with Gasteiger partial charge in [0, 0.05) is 12.1 Å². The van der Waals surface area contributed by atoms with Crippen LogP contribution in [0.3, 0.4) is 0 Å². The Balaban J connectivity index is 1.86. The van der Waals surface area contributed by atoms with Crippen LogP contribution in [0.1, 0.15) is 25.7 Å². The minimum Gasteiger partial charge on any atom is -0.433 e. The third-order valence-electron chi connectivity index (χ3n) is 3.09. The predicted octanol–water partition coefficient (Wildman–Crippen LogP) is 2.36. The third-order valence-corrected chi connectivity index (χ3v) is 3.09. The van der Waals surface area contributed by atoms with Gasteiger partial charge in [0.1, 0.15) is 11.6 Å². The minimum atomic E-state index is -2.81. The topological polar surface area (TPSA) is 60.2 Å². The number of rotatable bonds is 4. The highest BCUT2D eigenvalue weighted by molar-refractivity contribution is 5.38. The number of nitrogens with zero attached hydrogens (tertiary/aromatic N) is 1. The maximum atomic E-state index is 12.0. The maximum Gasteiger partial charge on any atom is 0.387 e. The van der Waals surface area contributed by atoms with Crippen molar-refractivity contribution in [3.8, 4) is 5.75 Å². The largest absolute Gasteiger partial charge is 0.433 e. The molecule has 2 rings (SSSR count). The van der Waals surface area contributed by atoms with Gasteiger partial charge in [-0.3, -0.25) is 0 Å². The SMILES string of the molecule is NC1CCC(Nc2ccc(OC(F)F)cn2)CC1. The number of nitrogens with two attached hydrogens (primary N) is 1. The van der Waals surface area contributed by atoms with Gasteiger partial charge in [0.2, 0.25) is 0 Å². The number of aromatic nitrogens is 1. The first kappa shape index (κ1) is 13.0. The minimum absolute atomic E-state index is 0.0706. The number of halogens is 2. The Morgan fingerprint density at radius 3 is 2.56 bits per heavy atom. The zero-order chi connectivity index (χ0) is 13.0. The molecule has 1 aromatic heterocycles. The quantitative estimate of drug-likeness (QED) is 0.869. The van der Waals surface area contributed by atoms with Gasteiger partial charge in [0.05, 0.1) is 6.20 Å². The molecule has 1 heterocycles. The fourth-order valence-electron chi connectivity index (χ4n) is 2.11. The van der Waals surface area contributed by atoms with Crippen LogP contribution < -0.4 is 15.8 Å². The molecular formula is C12H17F2N3O. The van der Waals surface area contributed by atoms with E-state index in [1.54, 1.807) is 6.07 Å². The van der Waals surface area contributed by atoms with Gasteiger partial charge in [-0.15, -0.1) is 0 Å². The molecule has 100 valence electrons. The molecule has 0 aromatic carbocycles. The van der Waals surface area contributed by atoms with E-state index in [2.05, 4.69) is 15.0 Å². The molecule has 0 saturated heterocycles. The van der Waals surface area contributed by atoms with Crippen LogP contribution in [0.5, 0.6) is 5.75 Å². The van der Waals surface area contributed by atoms with Gasteiger partial charge >= 0.3 is 6.61 Å². The van der Waals surface area contributed by atoms with Crippen LogP contribution in [-0.2, 0) is 0 Å². The molecule has 4 nitrogen and oxygen atoms in total. The van der Waals surface area contributed by atoms with Crippen LogP contribution in [0.2, 0.25) is 0 Å². The van der Waals surface area contributed by atoms with Crippen molar-refractivity contribution in [1.29, 1.82) is 0 Å². The van der Waals surface area contributed by atoms with Gasteiger partial charge in [-0.2, -0.15) is 8.78 Å². The molecule has 0 bridgehead atoms. The molecule has 1 fully saturated rings. The van der Waals surface area contributed by atoms with Gasteiger partial charge in [0.15, 0.2) is 0 Å². The van der Waals surface area contributed by atoms with E-state index in [0.29, 0.717) is 17.9 Å². The fourth-order valence-corrected chi connectivity index (χ4v) is 2.11. The fraction of sp³-hybridized carbons (Fsp3) is 0.583. The maximum absolute atomic E-state index is 12.0. The van der Waals surface area contributed by atoms with E-state index in [1.165, 1.54) is 12.3 Å². The summed E-state index contributed by atoms with van der Waals surface area (Å²) in [5, 5.41) is 3.27. The van der Waals surface area contributed by atoms with Gasteiger partial charge in [-0.25, -0.2) is 4.98 Å². The van der Waals surface area contributed by atoms with E-state index in [1.807, 2.05) is 0 Å². The van der Waals surface area contributed by atoms with E-state index >= 15 is 0 Å². The van der Waals surface area contributed by atoms with E-state index in [0.717, 1.165) is 25.7 Å². The first-order chi connectivity index (χ1) is 8.63. The van der Waals surface area contributed by atoms with Crippen LogP contribution in [-0.4, -0.2) is 23.7 Å². The van der Waals surface area contributed by atoms with Crippen LogP contribution in [0.4, 0.5) is 14.6 Å². The lowest BCUT2D eigenvalue weighted by molar-refractivity contribution is -0.0500. The summed E-state index contributed by atoms with van der Waals surface area (Å²) in [6.45, 7) is -2.81. The Labute approximate surface area is 105 Å². The van der Waals surface area contributed by atoms with Crippen LogP contribution in [0, 0.1) is 0 Å². The summed E-state index contributed by atoms with van der Waals surface area (Å²) in [5.41, 5.74) is 5.83. The van der Waals surface area contributed by atoms with Crippen molar-refractivity contribution in [1.82, 2.24) is 4.98 Å². The van der Waals surface area contributed by atoms with E-state index in [4.69, 9.17) is 5.73 Å².